The van der Waals surface area contributed by atoms with E-state index in [2.05, 4.69) is 6.92 Å². The fraction of sp³-hybridized carbons (Fsp3) is 0.368. The molecule has 0 bridgehead atoms. The molecule has 1 aliphatic rings. The summed E-state index contributed by atoms with van der Waals surface area (Å²) in [6.07, 6.45) is 1.93. The number of rotatable bonds is 5. The van der Waals surface area contributed by atoms with Gasteiger partial charge in [-0.15, -0.1) is 0 Å². The van der Waals surface area contributed by atoms with Crippen LogP contribution in [-0.2, 0) is 23.0 Å². The molecule has 2 aromatic carbocycles. The van der Waals surface area contributed by atoms with Gasteiger partial charge < -0.3 is 9.64 Å². The molecule has 1 N–H and O–H groups in total. The number of benzene rings is 2. The molecule has 6 heteroatoms. The Morgan fingerprint density at radius 2 is 1.60 bits per heavy atom. The third-order valence-electron chi connectivity index (χ3n) is 4.58. The molecule has 0 spiro atoms. The SMILES string of the molecule is CCc1ccc2c(c1)Oc1ccc(CC)cc1N2C(CC)S(=O)(=O)O. The normalized spacial score (nSPS) is 14.5. The molecule has 1 aliphatic heterocycles. The van der Waals surface area contributed by atoms with Gasteiger partial charge in [0.15, 0.2) is 16.9 Å². The first-order valence-electron chi connectivity index (χ1n) is 8.58. The molecule has 0 aromatic heterocycles. The predicted octanol–water partition coefficient (Wildman–Crippen LogP) is 4.68. The standard InChI is InChI=1S/C19H23NO4S/c1-4-13-8-10-17-16(11-13)20(19(6-3)25(21,22)23)15-9-7-14(5-2)12-18(15)24-17/h7-12,19H,4-6H2,1-3H3,(H,21,22,23). The Bertz CT molecular complexity index is 892. The van der Waals surface area contributed by atoms with Gasteiger partial charge in [-0.2, -0.15) is 8.42 Å². The Hall–Kier alpha value is -2.05. The fourth-order valence-corrected chi connectivity index (χ4v) is 4.12. The summed E-state index contributed by atoms with van der Waals surface area (Å²) in [6, 6.07) is 11.5. The van der Waals surface area contributed by atoms with Gasteiger partial charge in [0.25, 0.3) is 10.1 Å². The molecule has 0 saturated carbocycles. The van der Waals surface area contributed by atoms with Gasteiger partial charge in [0, 0.05) is 0 Å². The number of aryl methyl sites for hydroxylation is 2. The van der Waals surface area contributed by atoms with Gasteiger partial charge in [0.2, 0.25) is 0 Å². The van der Waals surface area contributed by atoms with Crippen molar-refractivity contribution in [3.8, 4) is 11.5 Å². The zero-order valence-electron chi connectivity index (χ0n) is 14.7. The minimum absolute atomic E-state index is 0.254. The minimum atomic E-state index is -4.26. The zero-order valence-corrected chi connectivity index (χ0v) is 15.5. The minimum Gasteiger partial charge on any atom is -0.453 e. The van der Waals surface area contributed by atoms with E-state index in [9.17, 15) is 13.0 Å². The molecule has 0 amide bonds. The van der Waals surface area contributed by atoms with E-state index in [1.165, 1.54) is 0 Å². The molecule has 25 heavy (non-hydrogen) atoms. The van der Waals surface area contributed by atoms with Gasteiger partial charge in [-0.05, 0) is 54.7 Å². The summed E-state index contributed by atoms with van der Waals surface area (Å²) >= 11 is 0. The molecular formula is C19H23NO4S. The molecule has 0 saturated heterocycles. The summed E-state index contributed by atoms with van der Waals surface area (Å²) in [4.78, 5) is 1.68. The first-order valence-corrected chi connectivity index (χ1v) is 10.1. The monoisotopic (exact) mass is 361 g/mol. The van der Waals surface area contributed by atoms with Crippen LogP contribution in [-0.4, -0.2) is 18.3 Å². The van der Waals surface area contributed by atoms with E-state index in [4.69, 9.17) is 4.74 Å². The van der Waals surface area contributed by atoms with Gasteiger partial charge in [-0.25, -0.2) is 0 Å². The lowest BCUT2D eigenvalue weighted by atomic mass is 10.1. The highest BCUT2D eigenvalue weighted by molar-refractivity contribution is 7.86. The second kappa shape index (κ2) is 6.69. The average molecular weight is 361 g/mol. The van der Waals surface area contributed by atoms with Crippen molar-refractivity contribution in [3.05, 3.63) is 47.5 Å². The summed E-state index contributed by atoms with van der Waals surface area (Å²) in [5.41, 5.74) is 3.50. The van der Waals surface area contributed by atoms with Crippen molar-refractivity contribution in [1.82, 2.24) is 0 Å². The van der Waals surface area contributed by atoms with Crippen molar-refractivity contribution in [2.45, 2.75) is 45.4 Å². The lowest BCUT2D eigenvalue weighted by Crippen LogP contribution is -2.38. The molecule has 1 heterocycles. The third kappa shape index (κ3) is 3.24. The second-order valence-electron chi connectivity index (χ2n) is 6.16. The predicted molar refractivity (Wildman–Crippen MR) is 99.5 cm³/mol. The van der Waals surface area contributed by atoms with Crippen molar-refractivity contribution in [3.63, 3.8) is 0 Å². The zero-order chi connectivity index (χ0) is 18.2. The number of fused-ring (bicyclic) bond motifs is 2. The van der Waals surface area contributed by atoms with Crippen LogP contribution in [0.1, 0.15) is 38.3 Å². The van der Waals surface area contributed by atoms with Crippen LogP contribution in [0, 0.1) is 0 Å². The lowest BCUT2D eigenvalue weighted by molar-refractivity contribution is 0.451. The number of hydrogen-bond donors (Lipinski definition) is 1. The Balaban J connectivity index is 2.24. The van der Waals surface area contributed by atoms with E-state index in [-0.39, 0.29) is 6.42 Å². The first kappa shape index (κ1) is 17.8. The average Bonchev–Trinajstić information content (AvgIpc) is 2.59. The Kier molecular flexibility index (Phi) is 4.75. The van der Waals surface area contributed by atoms with Crippen molar-refractivity contribution >= 4 is 21.5 Å². The van der Waals surface area contributed by atoms with Crippen LogP contribution >= 0.6 is 0 Å². The number of ether oxygens (including phenoxy) is 1. The van der Waals surface area contributed by atoms with Crippen LogP contribution in [0.15, 0.2) is 36.4 Å². The molecule has 1 atom stereocenters. The van der Waals surface area contributed by atoms with Crippen molar-refractivity contribution < 1.29 is 17.7 Å². The maximum absolute atomic E-state index is 12.0. The van der Waals surface area contributed by atoms with Crippen LogP contribution in [0.25, 0.3) is 0 Å². The molecule has 0 fully saturated rings. The first-order chi connectivity index (χ1) is 11.9. The van der Waals surface area contributed by atoms with Crippen LogP contribution in [0.2, 0.25) is 0 Å². The maximum atomic E-state index is 12.0. The molecule has 2 aromatic rings. The Morgan fingerprint density at radius 3 is 2.20 bits per heavy atom. The van der Waals surface area contributed by atoms with Crippen LogP contribution in [0.4, 0.5) is 11.4 Å². The fourth-order valence-electron chi connectivity index (χ4n) is 3.20. The largest absolute Gasteiger partial charge is 0.453 e. The summed E-state index contributed by atoms with van der Waals surface area (Å²) in [7, 11) is -4.26. The van der Waals surface area contributed by atoms with Crippen molar-refractivity contribution in [1.29, 1.82) is 0 Å². The molecular weight excluding hydrogens is 338 g/mol. The van der Waals surface area contributed by atoms with Gasteiger partial charge in [-0.1, -0.05) is 32.9 Å². The quantitative estimate of drug-likeness (QED) is 0.783. The van der Waals surface area contributed by atoms with E-state index < -0.39 is 15.5 Å². The molecule has 0 radical (unpaired) electrons. The van der Waals surface area contributed by atoms with E-state index in [0.29, 0.717) is 22.9 Å². The van der Waals surface area contributed by atoms with E-state index in [1.807, 2.05) is 43.3 Å². The summed E-state index contributed by atoms with van der Waals surface area (Å²) in [5, 5.41) is -1.06. The van der Waals surface area contributed by atoms with Gasteiger partial charge in [-0.3, -0.25) is 4.55 Å². The summed E-state index contributed by atoms with van der Waals surface area (Å²) in [6.45, 7) is 5.84. The topological polar surface area (TPSA) is 66.8 Å². The summed E-state index contributed by atoms with van der Waals surface area (Å²) < 4.78 is 39.9. The van der Waals surface area contributed by atoms with E-state index in [0.717, 1.165) is 24.0 Å². The van der Waals surface area contributed by atoms with Gasteiger partial charge in [0.05, 0.1) is 11.4 Å². The van der Waals surface area contributed by atoms with Crippen molar-refractivity contribution in [2.24, 2.45) is 0 Å². The highest BCUT2D eigenvalue weighted by Crippen LogP contribution is 2.49. The second-order valence-corrected chi connectivity index (χ2v) is 7.74. The Labute approximate surface area is 149 Å². The van der Waals surface area contributed by atoms with Gasteiger partial charge >= 0.3 is 0 Å². The number of hydrogen-bond acceptors (Lipinski definition) is 4. The Morgan fingerprint density at radius 1 is 0.960 bits per heavy atom. The third-order valence-corrected chi connectivity index (χ3v) is 5.82. The molecule has 3 rings (SSSR count). The highest BCUT2D eigenvalue weighted by Gasteiger charge is 2.36. The lowest BCUT2D eigenvalue weighted by Gasteiger charge is -2.37. The van der Waals surface area contributed by atoms with E-state index in [1.54, 1.807) is 11.8 Å². The number of anilines is 2. The van der Waals surface area contributed by atoms with Crippen LogP contribution in [0.5, 0.6) is 11.5 Å². The number of nitrogens with zero attached hydrogens (tertiary/aromatic N) is 1. The molecule has 5 nitrogen and oxygen atoms in total. The van der Waals surface area contributed by atoms with E-state index >= 15 is 0 Å². The molecule has 0 aliphatic carbocycles. The van der Waals surface area contributed by atoms with Gasteiger partial charge in [0.1, 0.15) is 0 Å². The summed E-state index contributed by atoms with van der Waals surface area (Å²) in [5.74, 6) is 1.21. The molecule has 134 valence electrons. The molecule has 1 unspecified atom stereocenters. The smallest absolute Gasteiger partial charge is 0.286 e. The highest BCUT2D eigenvalue weighted by atomic mass is 32.2. The van der Waals surface area contributed by atoms with Crippen LogP contribution < -0.4 is 9.64 Å². The van der Waals surface area contributed by atoms with Crippen LogP contribution in [0.3, 0.4) is 0 Å². The van der Waals surface area contributed by atoms with Crippen molar-refractivity contribution in [2.75, 3.05) is 4.90 Å². The maximum Gasteiger partial charge on any atom is 0.286 e.